The second-order valence-corrected chi connectivity index (χ2v) is 5.56. The van der Waals surface area contributed by atoms with Crippen molar-refractivity contribution in [1.82, 2.24) is 18.7 Å². The van der Waals surface area contributed by atoms with Crippen molar-refractivity contribution >= 4 is 29.0 Å². The number of benzene rings is 1. The van der Waals surface area contributed by atoms with Crippen LogP contribution in [0.25, 0.3) is 11.2 Å². The van der Waals surface area contributed by atoms with E-state index in [1.54, 1.807) is 24.3 Å². The molecule has 0 aliphatic rings. The summed E-state index contributed by atoms with van der Waals surface area (Å²) in [5.41, 5.74) is 0.760. The fourth-order valence-electron chi connectivity index (χ4n) is 2.53. The van der Waals surface area contributed by atoms with Gasteiger partial charge < -0.3 is 15.3 Å². The Morgan fingerprint density at radius 3 is 2.52 bits per heavy atom. The average molecular weight is 340 g/mol. The molecule has 2 N–H and O–H groups in total. The maximum atomic E-state index is 12.3. The van der Waals surface area contributed by atoms with Crippen molar-refractivity contribution in [2.45, 2.75) is 6.54 Å². The first-order valence-electron chi connectivity index (χ1n) is 7.43. The quantitative estimate of drug-likeness (QED) is 0.654. The first-order valence-corrected chi connectivity index (χ1v) is 7.43. The smallest absolute Gasteiger partial charge is 0.325 e. The zero-order valence-corrected chi connectivity index (χ0v) is 13.7. The van der Waals surface area contributed by atoms with Crippen LogP contribution >= 0.6 is 0 Å². The molecular formula is C16H16N6O3. The van der Waals surface area contributed by atoms with Gasteiger partial charge in [-0.2, -0.15) is 0 Å². The molecular weight excluding hydrogens is 324 g/mol. The number of anilines is 1. The van der Waals surface area contributed by atoms with Gasteiger partial charge in [-0.25, -0.2) is 9.78 Å². The summed E-state index contributed by atoms with van der Waals surface area (Å²) in [5.74, 6) is -0.335. The van der Waals surface area contributed by atoms with Crippen molar-refractivity contribution < 1.29 is 4.79 Å². The van der Waals surface area contributed by atoms with E-state index in [9.17, 15) is 14.4 Å². The standard InChI is InChI=1S/C16H16N6O3/c1-20-14-13(15(24)21(2)16(20)25)22(9-18-14)8-12(23)19-11-5-3-10(7-17)4-6-11/h3-7,9,17H,8H2,1-2H3,(H,19,23). The summed E-state index contributed by atoms with van der Waals surface area (Å²) >= 11 is 0. The molecule has 2 heterocycles. The summed E-state index contributed by atoms with van der Waals surface area (Å²) in [7, 11) is 2.90. The number of imidazole rings is 1. The minimum atomic E-state index is -0.501. The number of aromatic nitrogens is 4. The molecule has 0 bridgehead atoms. The molecule has 0 saturated heterocycles. The highest BCUT2D eigenvalue weighted by Crippen LogP contribution is 2.10. The van der Waals surface area contributed by atoms with Crippen molar-refractivity contribution in [2.24, 2.45) is 14.1 Å². The van der Waals surface area contributed by atoms with Gasteiger partial charge in [0.1, 0.15) is 6.54 Å². The topological polar surface area (TPSA) is 115 Å². The van der Waals surface area contributed by atoms with E-state index in [0.717, 1.165) is 10.1 Å². The third kappa shape index (κ3) is 2.87. The number of carbonyl (C=O) groups excluding carboxylic acids is 1. The maximum Gasteiger partial charge on any atom is 0.332 e. The number of hydrogen-bond donors (Lipinski definition) is 2. The van der Waals surface area contributed by atoms with Crippen molar-refractivity contribution in [3.8, 4) is 0 Å². The fraction of sp³-hybridized carbons (Fsp3) is 0.188. The highest BCUT2D eigenvalue weighted by molar-refractivity contribution is 5.91. The Morgan fingerprint density at radius 1 is 1.20 bits per heavy atom. The molecule has 0 aliphatic carbocycles. The molecule has 0 unspecified atom stereocenters. The van der Waals surface area contributed by atoms with E-state index in [1.807, 2.05) is 0 Å². The monoisotopic (exact) mass is 340 g/mol. The van der Waals surface area contributed by atoms with Crippen LogP contribution < -0.4 is 16.6 Å². The van der Waals surface area contributed by atoms with Gasteiger partial charge in [0.2, 0.25) is 5.91 Å². The molecule has 0 fully saturated rings. The second kappa shape index (κ2) is 6.19. The summed E-state index contributed by atoms with van der Waals surface area (Å²) in [4.78, 5) is 40.6. The maximum absolute atomic E-state index is 12.3. The molecule has 9 heteroatoms. The summed E-state index contributed by atoms with van der Waals surface area (Å²) in [6, 6.07) is 6.79. The Labute approximate surface area is 141 Å². The number of fused-ring (bicyclic) bond motifs is 1. The average Bonchev–Trinajstić information content (AvgIpc) is 3.02. The van der Waals surface area contributed by atoms with Crippen molar-refractivity contribution in [3.63, 3.8) is 0 Å². The summed E-state index contributed by atoms with van der Waals surface area (Å²) < 4.78 is 3.66. The van der Waals surface area contributed by atoms with Crippen LogP contribution in [0.1, 0.15) is 5.56 Å². The molecule has 0 radical (unpaired) electrons. The van der Waals surface area contributed by atoms with E-state index in [4.69, 9.17) is 5.41 Å². The van der Waals surface area contributed by atoms with Gasteiger partial charge in [0.25, 0.3) is 5.56 Å². The number of aryl methyl sites for hydroxylation is 1. The lowest BCUT2D eigenvalue weighted by Gasteiger charge is -2.08. The minimum absolute atomic E-state index is 0.115. The first kappa shape index (κ1) is 16.4. The Kier molecular flexibility index (Phi) is 4.05. The van der Waals surface area contributed by atoms with Gasteiger partial charge in [0.15, 0.2) is 11.2 Å². The van der Waals surface area contributed by atoms with Crippen LogP contribution in [0, 0.1) is 5.41 Å². The Balaban J connectivity index is 1.90. The van der Waals surface area contributed by atoms with Crippen LogP contribution in [0.5, 0.6) is 0 Å². The fourth-order valence-corrected chi connectivity index (χ4v) is 2.53. The van der Waals surface area contributed by atoms with Gasteiger partial charge in [-0.15, -0.1) is 0 Å². The number of amides is 1. The van der Waals surface area contributed by atoms with Gasteiger partial charge in [-0.3, -0.25) is 18.7 Å². The van der Waals surface area contributed by atoms with Gasteiger partial charge in [0, 0.05) is 26.0 Å². The molecule has 3 aromatic rings. The lowest BCUT2D eigenvalue weighted by molar-refractivity contribution is -0.116. The van der Waals surface area contributed by atoms with E-state index in [-0.39, 0.29) is 23.6 Å². The predicted octanol–water partition coefficient (Wildman–Crippen LogP) is 0.0701. The summed E-state index contributed by atoms with van der Waals surface area (Å²) in [5, 5.41) is 9.87. The van der Waals surface area contributed by atoms with E-state index < -0.39 is 11.2 Å². The number of nitrogens with one attached hydrogen (secondary N) is 2. The van der Waals surface area contributed by atoms with Crippen LogP contribution in [0.4, 0.5) is 5.69 Å². The molecule has 2 aromatic heterocycles. The zero-order chi connectivity index (χ0) is 18.1. The van der Waals surface area contributed by atoms with Gasteiger partial charge in [-0.05, 0) is 17.7 Å². The summed E-state index contributed by atoms with van der Waals surface area (Å²) in [6.45, 7) is -0.115. The SMILES string of the molecule is Cn1c(=O)c2c(ncn2CC(=O)Nc2ccc(C=N)cc2)n(C)c1=O. The largest absolute Gasteiger partial charge is 0.332 e. The van der Waals surface area contributed by atoms with Crippen LogP contribution in [0.15, 0.2) is 40.2 Å². The highest BCUT2D eigenvalue weighted by atomic mass is 16.2. The minimum Gasteiger partial charge on any atom is -0.325 e. The van der Waals surface area contributed by atoms with Crippen molar-refractivity contribution in [2.75, 3.05) is 5.32 Å². The molecule has 25 heavy (non-hydrogen) atoms. The van der Waals surface area contributed by atoms with Gasteiger partial charge >= 0.3 is 5.69 Å². The molecule has 0 spiro atoms. The molecule has 0 atom stereocenters. The highest BCUT2D eigenvalue weighted by Gasteiger charge is 2.15. The van der Waals surface area contributed by atoms with E-state index in [0.29, 0.717) is 5.69 Å². The third-order valence-corrected chi connectivity index (χ3v) is 3.89. The molecule has 1 amide bonds. The lowest BCUT2D eigenvalue weighted by Crippen LogP contribution is -2.37. The Hall–Kier alpha value is -3.49. The van der Waals surface area contributed by atoms with Gasteiger partial charge in [-0.1, -0.05) is 12.1 Å². The molecule has 0 saturated carbocycles. The van der Waals surface area contributed by atoms with E-state index in [2.05, 4.69) is 10.3 Å². The van der Waals surface area contributed by atoms with Crippen molar-refractivity contribution in [1.29, 1.82) is 5.41 Å². The Bertz CT molecular complexity index is 1090. The van der Waals surface area contributed by atoms with E-state index >= 15 is 0 Å². The molecule has 128 valence electrons. The molecule has 3 rings (SSSR count). The number of carbonyl (C=O) groups is 1. The number of hydrogen-bond acceptors (Lipinski definition) is 5. The predicted molar refractivity (Wildman–Crippen MR) is 93.2 cm³/mol. The molecule has 9 nitrogen and oxygen atoms in total. The number of nitrogens with zero attached hydrogens (tertiary/aromatic N) is 4. The van der Waals surface area contributed by atoms with E-state index in [1.165, 1.54) is 35.8 Å². The first-order chi connectivity index (χ1) is 11.9. The summed E-state index contributed by atoms with van der Waals surface area (Å²) in [6.07, 6.45) is 2.58. The van der Waals surface area contributed by atoms with Crippen LogP contribution in [0.2, 0.25) is 0 Å². The lowest BCUT2D eigenvalue weighted by atomic mass is 10.2. The van der Waals surface area contributed by atoms with Crippen LogP contribution in [-0.4, -0.2) is 30.8 Å². The van der Waals surface area contributed by atoms with Crippen molar-refractivity contribution in [3.05, 3.63) is 57.0 Å². The number of rotatable bonds is 4. The van der Waals surface area contributed by atoms with Crippen LogP contribution in [0.3, 0.4) is 0 Å². The molecule has 0 aliphatic heterocycles. The molecule has 1 aromatic carbocycles. The Morgan fingerprint density at radius 2 is 1.88 bits per heavy atom. The third-order valence-electron chi connectivity index (χ3n) is 3.89. The van der Waals surface area contributed by atoms with Gasteiger partial charge in [0.05, 0.1) is 6.33 Å². The zero-order valence-electron chi connectivity index (χ0n) is 13.7. The second-order valence-electron chi connectivity index (χ2n) is 5.56. The van der Waals surface area contributed by atoms with Crippen LogP contribution in [-0.2, 0) is 25.4 Å². The normalized spacial score (nSPS) is 10.8.